The van der Waals surface area contributed by atoms with Gasteiger partial charge in [-0.3, -0.25) is 9.59 Å². The van der Waals surface area contributed by atoms with Crippen LogP contribution in [0.5, 0.6) is 0 Å². The van der Waals surface area contributed by atoms with Crippen LogP contribution in [0, 0.1) is 11.8 Å². The summed E-state index contributed by atoms with van der Waals surface area (Å²) < 4.78 is 26.3. The van der Waals surface area contributed by atoms with Gasteiger partial charge in [0, 0.05) is 17.4 Å². The molecule has 1 amide bonds. The minimum absolute atomic E-state index is 0.165. The summed E-state index contributed by atoms with van der Waals surface area (Å²) in [4.78, 5) is 26.2. The van der Waals surface area contributed by atoms with E-state index in [4.69, 9.17) is 0 Å². The Bertz CT molecular complexity index is 687. The molecular formula is C14H10F2N2O2. The molecule has 1 heterocycles. The number of rotatable bonds is 3. The molecular weight excluding hydrogens is 266 g/mol. The minimum atomic E-state index is -1.34. The van der Waals surface area contributed by atoms with E-state index in [1.165, 1.54) is 13.0 Å². The van der Waals surface area contributed by atoms with Crippen molar-refractivity contribution in [3.8, 4) is 0 Å². The Kier molecular flexibility index (Phi) is 3.84. The van der Waals surface area contributed by atoms with Crippen molar-refractivity contribution in [2.75, 3.05) is 5.32 Å². The summed E-state index contributed by atoms with van der Waals surface area (Å²) in [5, 5.41) is 2.40. The number of carbonyl (C=O) groups excluding carboxylic acids is 2. The summed E-state index contributed by atoms with van der Waals surface area (Å²) in [7, 11) is 0. The van der Waals surface area contributed by atoms with Crippen LogP contribution in [0.3, 0.4) is 0 Å². The highest BCUT2D eigenvalue weighted by Crippen LogP contribution is 2.15. The van der Waals surface area contributed by atoms with Crippen LogP contribution in [0.1, 0.15) is 27.6 Å². The second-order valence-corrected chi connectivity index (χ2v) is 4.05. The number of benzene rings is 1. The first kappa shape index (κ1) is 13.8. The fourth-order valence-corrected chi connectivity index (χ4v) is 1.61. The summed E-state index contributed by atoms with van der Waals surface area (Å²) in [6.07, 6.45) is 0.999. The lowest BCUT2D eigenvalue weighted by Gasteiger charge is -2.07. The van der Waals surface area contributed by atoms with Gasteiger partial charge < -0.3 is 5.32 Å². The van der Waals surface area contributed by atoms with E-state index in [2.05, 4.69) is 10.3 Å². The zero-order valence-corrected chi connectivity index (χ0v) is 10.5. The number of Topliss-reactive ketones (excluding diaryl/α,β-unsaturated/α-hetero) is 1. The maximum absolute atomic E-state index is 13.4. The molecule has 4 nitrogen and oxygen atoms in total. The Labute approximate surface area is 113 Å². The van der Waals surface area contributed by atoms with Crippen LogP contribution in [0.25, 0.3) is 0 Å². The summed E-state index contributed by atoms with van der Waals surface area (Å²) in [5.41, 5.74) is 0.272. The molecule has 1 N–H and O–H groups in total. The van der Waals surface area contributed by atoms with E-state index in [1.807, 2.05) is 0 Å². The van der Waals surface area contributed by atoms with Gasteiger partial charge in [0.25, 0.3) is 5.91 Å². The highest BCUT2D eigenvalue weighted by Gasteiger charge is 2.16. The molecule has 1 aromatic carbocycles. The average Bonchev–Trinajstić information content (AvgIpc) is 2.42. The quantitative estimate of drug-likeness (QED) is 0.692. The van der Waals surface area contributed by atoms with E-state index in [-0.39, 0.29) is 5.78 Å². The molecule has 0 fully saturated rings. The molecule has 0 aliphatic heterocycles. The van der Waals surface area contributed by atoms with Crippen molar-refractivity contribution in [1.29, 1.82) is 0 Å². The fourth-order valence-electron chi connectivity index (χ4n) is 1.61. The van der Waals surface area contributed by atoms with Crippen LogP contribution in [0.2, 0.25) is 0 Å². The van der Waals surface area contributed by atoms with Crippen molar-refractivity contribution in [3.63, 3.8) is 0 Å². The minimum Gasteiger partial charge on any atom is -0.322 e. The van der Waals surface area contributed by atoms with Crippen LogP contribution in [-0.2, 0) is 0 Å². The van der Waals surface area contributed by atoms with Crippen LogP contribution in [-0.4, -0.2) is 16.7 Å². The van der Waals surface area contributed by atoms with E-state index < -0.39 is 23.2 Å². The van der Waals surface area contributed by atoms with Crippen LogP contribution < -0.4 is 5.32 Å². The molecule has 0 saturated carbocycles. The summed E-state index contributed by atoms with van der Waals surface area (Å²) in [6, 6.07) is 7.23. The molecule has 20 heavy (non-hydrogen) atoms. The Morgan fingerprint density at radius 2 is 1.95 bits per heavy atom. The molecule has 2 aromatic rings. The number of pyridine rings is 1. The SMILES string of the molecule is CC(=O)c1cccc(NC(=O)c2ccnc(F)c2F)c1. The van der Waals surface area contributed by atoms with Gasteiger partial charge in [-0.15, -0.1) is 0 Å². The van der Waals surface area contributed by atoms with Crippen molar-refractivity contribution < 1.29 is 18.4 Å². The number of amides is 1. The molecule has 2 rings (SSSR count). The summed E-state index contributed by atoms with van der Waals surface area (Å²) in [6.45, 7) is 1.39. The van der Waals surface area contributed by atoms with Crippen LogP contribution in [0.4, 0.5) is 14.5 Å². The predicted octanol–water partition coefficient (Wildman–Crippen LogP) is 2.81. The molecule has 102 valence electrons. The molecule has 6 heteroatoms. The van der Waals surface area contributed by atoms with E-state index in [1.54, 1.807) is 18.2 Å². The van der Waals surface area contributed by atoms with Gasteiger partial charge in [0.15, 0.2) is 11.6 Å². The highest BCUT2D eigenvalue weighted by atomic mass is 19.2. The molecule has 0 aliphatic rings. The number of anilines is 1. The maximum atomic E-state index is 13.4. The number of carbonyl (C=O) groups is 2. The normalized spacial score (nSPS) is 10.2. The topological polar surface area (TPSA) is 59.1 Å². The molecule has 0 aliphatic carbocycles. The number of hydrogen-bond donors (Lipinski definition) is 1. The Morgan fingerprint density at radius 3 is 2.65 bits per heavy atom. The highest BCUT2D eigenvalue weighted by molar-refractivity contribution is 6.05. The number of aromatic nitrogens is 1. The van der Waals surface area contributed by atoms with E-state index in [0.29, 0.717) is 11.3 Å². The smallest absolute Gasteiger partial charge is 0.258 e. The van der Waals surface area contributed by atoms with Crippen LogP contribution in [0.15, 0.2) is 36.5 Å². The van der Waals surface area contributed by atoms with E-state index >= 15 is 0 Å². The monoisotopic (exact) mass is 276 g/mol. The standard InChI is InChI=1S/C14H10F2N2O2/c1-8(19)9-3-2-4-10(7-9)18-14(20)11-5-6-17-13(16)12(11)15/h2-7H,1H3,(H,18,20). The number of nitrogens with one attached hydrogen (secondary N) is 1. The largest absolute Gasteiger partial charge is 0.322 e. The lowest BCUT2D eigenvalue weighted by molar-refractivity contribution is 0.100. The molecule has 0 spiro atoms. The lowest BCUT2D eigenvalue weighted by atomic mass is 10.1. The number of halogens is 2. The first-order valence-electron chi connectivity index (χ1n) is 5.71. The first-order chi connectivity index (χ1) is 9.49. The fraction of sp³-hybridized carbons (Fsp3) is 0.0714. The van der Waals surface area contributed by atoms with Gasteiger partial charge in [-0.2, -0.15) is 4.39 Å². The van der Waals surface area contributed by atoms with Gasteiger partial charge in [-0.25, -0.2) is 9.37 Å². The molecule has 0 atom stereocenters. The zero-order chi connectivity index (χ0) is 14.7. The van der Waals surface area contributed by atoms with Crippen molar-refractivity contribution in [1.82, 2.24) is 4.98 Å². The van der Waals surface area contributed by atoms with E-state index in [0.717, 1.165) is 12.3 Å². The zero-order valence-electron chi connectivity index (χ0n) is 10.5. The third-order valence-electron chi connectivity index (χ3n) is 2.62. The van der Waals surface area contributed by atoms with Crippen molar-refractivity contribution in [2.45, 2.75) is 6.92 Å². The number of ketones is 1. The molecule has 0 unspecified atom stereocenters. The Balaban J connectivity index is 2.26. The molecule has 0 saturated heterocycles. The third-order valence-corrected chi connectivity index (χ3v) is 2.62. The average molecular weight is 276 g/mol. The number of nitrogens with zero attached hydrogens (tertiary/aromatic N) is 1. The van der Waals surface area contributed by atoms with Crippen molar-refractivity contribution in [2.24, 2.45) is 0 Å². The lowest BCUT2D eigenvalue weighted by Crippen LogP contribution is -2.15. The van der Waals surface area contributed by atoms with Crippen molar-refractivity contribution >= 4 is 17.4 Å². The summed E-state index contributed by atoms with van der Waals surface area (Å²) in [5.74, 6) is -3.63. The first-order valence-corrected chi connectivity index (χ1v) is 5.71. The van der Waals surface area contributed by atoms with E-state index in [9.17, 15) is 18.4 Å². The molecule has 1 aromatic heterocycles. The van der Waals surface area contributed by atoms with Gasteiger partial charge in [0.05, 0.1) is 5.56 Å². The second-order valence-electron chi connectivity index (χ2n) is 4.05. The van der Waals surface area contributed by atoms with Gasteiger partial charge in [-0.1, -0.05) is 12.1 Å². The Hall–Kier alpha value is -2.63. The van der Waals surface area contributed by atoms with Gasteiger partial charge in [0.1, 0.15) is 0 Å². The number of hydrogen-bond acceptors (Lipinski definition) is 3. The third kappa shape index (κ3) is 2.85. The Morgan fingerprint density at radius 1 is 1.20 bits per heavy atom. The van der Waals surface area contributed by atoms with Crippen LogP contribution >= 0.6 is 0 Å². The second kappa shape index (κ2) is 5.56. The van der Waals surface area contributed by atoms with Gasteiger partial charge in [0.2, 0.25) is 5.95 Å². The van der Waals surface area contributed by atoms with Gasteiger partial charge >= 0.3 is 0 Å². The van der Waals surface area contributed by atoms with Crippen molar-refractivity contribution in [3.05, 3.63) is 59.4 Å². The maximum Gasteiger partial charge on any atom is 0.258 e. The summed E-state index contributed by atoms with van der Waals surface area (Å²) >= 11 is 0. The molecule has 0 radical (unpaired) electrons. The predicted molar refractivity (Wildman–Crippen MR) is 68.6 cm³/mol. The molecule has 0 bridgehead atoms. The van der Waals surface area contributed by atoms with Gasteiger partial charge in [-0.05, 0) is 25.1 Å².